The summed E-state index contributed by atoms with van der Waals surface area (Å²) in [5.74, 6) is 0.316. The monoisotopic (exact) mass is 351 g/mol. The Morgan fingerprint density at radius 2 is 2.12 bits per heavy atom. The fourth-order valence-electron chi connectivity index (χ4n) is 3.03. The molecule has 26 heavy (non-hydrogen) atoms. The van der Waals surface area contributed by atoms with Crippen molar-refractivity contribution in [1.82, 2.24) is 24.4 Å². The second-order valence-corrected chi connectivity index (χ2v) is 6.11. The van der Waals surface area contributed by atoms with Crippen molar-refractivity contribution < 1.29 is 9.53 Å². The van der Waals surface area contributed by atoms with Crippen LogP contribution >= 0.6 is 0 Å². The van der Waals surface area contributed by atoms with Gasteiger partial charge in [0.05, 0.1) is 30.0 Å². The number of aromatic nitrogens is 4. The Bertz CT molecular complexity index is 989. The fourth-order valence-corrected chi connectivity index (χ4v) is 3.03. The van der Waals surface area contributed by atoms with Crippen LogP contribution in [0.5, 0.6) is 5.88 Å². The van der Waals surface area contributed by atoms with E-state index in [1.54, 1.807) is 41.7 Å². The first kappa shape index (κ1) is 16.2. The second kappa shape index (κ2) is 6.91. The van der Waals surface area contributed by atoms with Gasteiger partial charge in [-0.15, -0.1) is 0 Å². The molecule has 1 atom stereocenters. The van der Waals surface area contributed by atoms with Crippen LogP contribution < -0.4 is 10.3 Å². The maximum Gasteiger partial charge on any atom is 0.261 e. The maximum absolute atomic E-state index is 12.6. The molecular formula is C18H17N5O3. The molecule has 132 valence electrons. The van der Waals surface area contributed by atoms with E-state index in [2.05, 4.69) is 15.0 Å². The van der Waals surface area contributed by atoms with Crippen molar-refractivity contribution in [3.8, 4) is 5.88 Å². The maximum atomic E-state index is 12.6. The van der Waals surface area contributed by atoms with E-state index in [1.165, 1.54) is 10.9 Å². The molecule has 8 nitrogen and oxygen atoms in total. The highest BCUT2D eigenvalue weighted by Crippen LogP contribution is 2.16. The third-order valence-electron chi connectivity index (χ3n) is 4.36. The van der Waals surface area contributed by atoms with Gasteiger partial charge in [0.1, 0.15) is 12.6 Å². The van der Waals surface area contributed by atoms with Crippen LogP contribution in [-0.4, -0.2) is 49.5 Å². The molecule has 1 unspecified atom stereocenters. The van der Waals surface area contributed by atoms with Crippen LogP contribution in [0.4, 0.5) is 0 Å². The molecule has 1 aliphatic heterocycles. The molecule has 3 heterocycles. The summed E-state index contributed by atoms with van der Waals surface area (Å²) in [5, 5.41) is 0.507. The Hall–Kier alpha value is -3.29. The highest BCUT2D eigenvalue weighted by atomic mass is 16.5. The number of benzene rings is 1. The number of carbonyl (C=O) groups is 1. The Kier molecular flexibility index (Phi) is 4.30. The predicted molar refractivity (Wildman–Crippen MR) is 93.6 cm³/mol. The first-order chi connectivity index (χ1) is 12.7. The Balaban J connectivity index is 1.43. The summed E-state index contributed by atoms with van der Waals surface area (Å²) < 4.78 is 7.09. The Labute approximate surface area is 149 Å². The molecule has 4 rings (SSSR count). The van der Waals surface area contributed by atoms with Crippen molar-refractivity contribution in [3.05, 3.63) is 59.5 Å². The molecule has 0 bridgehead atoms. The summed E-state index contributed by atoms with van der Waals surface area (Å²) in [4.78, 5) is 39.0. The predicted octanol–water partition coefficient (Wildman–Crippen LogP) is 0.866. The minimum Gasteiger partial charge on any atom is -0.471 e. The zero-order chi connectivity index (χ0) is 17.9. The van der Waals surface area contributed by atoms with Crippen molar-refractivity contribution in [3.63, 3.8) is 0 Å². The lowest BCUT2D eigenvalue weighted by atomic mass is 10.2. The van der Waals surface area contributed by atoms with Gasteiger partial charge in [-0.05, 0) is 12.1 Å². The van der Waals surface area contributed by atoms with E-state index >= 15 is 0 Å². The summed E-state index contributed by atoms with van der Waals surface area (Å²) in [5.41, 5.74) is 0.412. The SMILES string of the molecule is O=C(Cn1cnc2ccccc2c1=O)N1CCC(Oc2cnccn2)C1. The van der Waals surface area contributed by atoms with Gasteiger partial charge in [0, 0.05) is 25.4 Å². The minimum absolute atomic E-state index is 0.0332. The number of amides is 1. The Morgan fingerprint density at radius 3 is 2.96 bits per heavy atom. The number of para-hydroxylation sites is 1. The number of likely N-dealkylation sites (tertiary alicyclic amines) is 1. The van der Waals surface area contributed by atoms with E-state index in [4.69, 9.17) is 4.74 Å². The van der Waals surface area contributed by atoms with E-state index < -0.39 is 0 Å². The minimum atomic E-state index is -0.212. The van der Waals surface area contributed by atoms with Crippen molar-refractivity contribution in [2.45, 2.75) is 19.1 Å². The van der Waals surface area contributed by atoms with Gasteiger partial charge >= 0.3 is 0 Å². The Morgan fingerprint density at radius 1 is 1.23 bits per heavy atom. The highest BCUT2D eigenvalue weighted by molar-refractivity contribution is 5.79. The van der Waals surface area contributed by atoms with Gasteiger partial charge in [0.2, 0.25) is 11.8 Å². The molecule has 2 aromatic heterocycles. The van der Waals surface area contributed by atoms with Gasteiger partial charge in [-0.3, -0.25) is 19.1 Å². The molecule has 0 spiro atoms. The number of fused-ring (bicyclic) bond motifs is 1. The molecule has 1 fully saturated rings. The standard InChI is InChI=1S/C18H17N5O3/c24-17(11-23-12-21-15-4-2-1-3-14(15)18(23)25)22-8-5-13(10-22)26-16-9-19-6-7-20-16/h1-4,6-7,9,12-13H,5,8,10-11H2. The molecule has 0 radical (unpaired) electrons. The molecule has 3 aromatic rings. The third kappa shape index (κ3) is 3.26. The number of hydrogen-bond acceptors (Lipinski definition) is 6. The molecule has 1 saturated heterocycles. The normalized spacial score (nSPS) is 16.8. The molecule has 0 saturated carbocycles. The van der Waals surface area contributed by atoms with Gasteiger partial charge in [0.15, 0.2) is 0 Å². The zero-order valence-corrected chi connectivity index (χ0v) is 14.0. The number of hydrogen-bond donors (Lipinski definition) is 0. The van der Waals surface area contributed by atoms with Crippen LogP contribution in [0.15, 0.2) is 54.0 Å². The van der Waals surface area contributed by atoms with Crippen LogP contribution in [-0.2, 0) is 11.3 Å². The van der Waals surface area contributed by atoms with Gasteiger partial charge in [-0.1, -0.05) is 12.1 Å². The quantitative estimate of drug-likeness (QED) is 0.693. The van der Waals surface area contributed by atoms with Crippen molar-refractivity contribution in [1.29, 1.82) is 0 Å². The van der Waals surface area contributed by atoms with E-state index in [-0.39, 0.29) is 24.1 Å². The summed E-state index contributed by atoms with van der Waals surface area (Å²) in [6.45, 7) is 1.01. The van der Waals surface area contributed by atoms with Gasteiger partial charge in [-0.25, -0.2) is 9.97 Å². The molecule has 1 aromatic carbocycles. The molecule has 1 aliphatic rings. The zero-order valence-electron chi connectivity index (χ0n) is 14.0. The van der Waals surface area contributed by atoms with E-state index in [0.29, 0.717) is 36.3 Å². The van der Waals surface area contributed by atoms with Crippen LogP contribution in [0.2, 0.25) is 0 Å². The van der Waals surface area contributed by atoms with Crippen LogP contribution in [0.3, 0.4) is 0 Å². The number of carbonyl (C=O) groups excluding carboxylic acids is 1. The van der Waals surface area contributed by atoms with Crippen LogP contribution in [0, 0.1) is 0 Å². The summed E-state index contributed by atoms with van der Waals surface area (Å²) >= 11 is 0. The van der Waals surface area contributed by atoms with Crippen LogP contribution in [0.25, 0.3) is 10.9 Å². The lowest BCUT2D eigenvalue weighted by Crippen LogP contribution is -2.36. The summed E-state index contributed by atoms with van der Waals surface area (Å²) in [6.07, 6.45) is 6.70. The van der Waals surface area contributed by atoms with Gasteiger partial charge in [-0.2, -0.15) is 0 Å². The first-order valence-electron chi connectivity index (χ1n) is 8.35. The third-order valence-corrected chi connectivity index (χ3v) is 4.36. The van der Waals surface area contributed by atoms with Gasteiger partial charge in [0.25, 0.3) is 5.56 Å². The van der Waals surface area contributed by atoms with Crippen molar-refractivity contribution >= 4 is 16.8 Å². The topological polar surface area (TPSA) is 90.2 Å². The lowest BCUT2D eigenvalue weighted by molar-refractivity contribution is -0.131. The highest BCUT2D eigenvalue weighted by Gasteiger charge is 2.28. The molecule has 0 aliphatic carbocycles. The van der Waals surface area contributed by atoms with Gasteiger partial charge < -0.3 is 9.64 Å². The molecule has 1 amide bonds. The number of nitrogens with zero attached hydrogens (tertiary/aromatic N) is 5. The largest absolute Gasteiger partial charge is 0.471 e. The summed E-state index contributed by atoms with van der Waals surface area (Å²) in [7, 11) is 0. The van der Waals surface area contributed by atoms with E-state index in [1.807, 2.05) is 6.07 Å². The van der Waals surface area contributed by atoms with Crippen LogP contribution in [0.1, 0.15) is 6.42 Å². The average Bonchev–Trinajstić information content (AvgIpc) is 3.14. The number of rotatable bonds is 4. The first-order valence-corrected chi connectivity index (χ1v) is 8.35. The second-order valence-electron chi connectivity index (χ2n) is 6.11. The summed E-state index contributed by atoms with van der Waals surface area (Å²) in [6, 6.07) is 7.10. The molecular weight excluding hydrogens is 334 g/mol. The molecule has 8 heteroatoms. The lowest BCUT2D eigenvalue weighted by Gasteiger charge is -2.17. The molecule has 0 N–H and O–H groups in total. The van der Waals surface area contributed by atoms with E-state index in [9.17, 15) is 9.59 Å². The van der Waals surface area contributed by atoms with E-state index in [0.717, 1.165) is 0 Å². The fraction of sp³-hybridized carbons (Fsp3) is 0.278. The average molecular weight is 351 g/mol. The van der Waals surface area contributed by atoms with Crippen molar-refractivity contribution in [2.24, 2.45) is 0 Å². The van der Waals surface area contributed by atoms with Crippen molar-refractivity contribution in [2.75, 3.05) is 13.1 Å². The number of ether oxygens (including phenoxy) is 1. The smallest absolute Gasteiger partial charge is 0.261 e.